The van der Waals surface area contributed by atoms with Gasteiger partial charge in [-0.15, -0.1) is 0 Å². The first-order valence-corrected chi connectivity index (χ1v) is 9.36. The molecule has 0 atom stereocenters. The van der Waals surface area contributed by atoms with E-state index in [4.69, 9.17) is 0 Å². The number of hydrogen-bond acceptors (Lipinski definition) is 4. The van der Waals surface area contributed by atoms with Crippen LogP contribution in [-0.4, -0.2) is 34.9 Å². The molecule has 0 unspecified atom stereocenters. The minimum absolute atomic E-state index is 0.0975. The van der Waals surface area contributed by atoms with Crippen molar-refractivity contribution in [3.8, 4) is 5.88 Å². The molecule has 146 valence electrons. The van der Waals surface area contributed by atoms with Crippen LogP contribution in [0.5, 0.6) is 5.88 Å². The Morgan fingerprint density at radius 3 is 2.69 bits per heavy atom. The van der Waals surface area contributed by atoms with Crippen LogP contribution in [0.4, 0.5) is 15.8 Å². The maximum absolute atomic E-state index is 14.1. The third-order valence-electron chi connectivity index (χ3n) is 4.85. The van der Waals surface area contributed by atoms with E-state index in [1.54, 1.807) is 18.3 Å². The SMILES string of the molecule is CN(CCc1ccccn1)c1ccc(N=Cc2c(O)[nH]c3cccc(F)c23)cc1. The Hall–Kier alpha value is -3.67. The summed E-state index contributed by atoms with van der Waals surface area (Å²) in [5.74, 6) is -0.495. The Morgan fingerprint density at radius 1 is 1.10 bits per heavy atom. The molecule has 0 radical (unpaired) electrons. The molecule has 0 amide bonds. The number of aromatic hydroxyl groups is 1. The number of nitrogens with one attached hydrogen (secondary N) is 1. The molecule has 0 aliphatic rings. The third kappa shape index (κ3) is 4.11. The number of H-pyrrole nitrogens is 1. The van der Waals surface area contributed by atoms with Gasteiger partial charge in [0.2, 0.25) is 0 Å². The second-order valence-corrected chi connectivity index (χ2v) is 6.82. The number of aromatic nitrogens is 2. The summed E-state index contributed by atoms with van der Waals surface area (Å²) < 4.78 is 14.1. The normalized spacial score (nSPS) is 11.4. The second-order valence-electron chi connectivity index (χ2n) is 6.82. The minimum Gasteiger partial charge on any atom is -0.494 e. The minimum atomic E-state index is -0.398. The van der Waals surface area contributed by atoms with E-state index in [9.17, 15) is 9.50 Å². The number of hydrogen-bond donors (Lipinski definition) is 2. The summed E-state index contributed by atoms with van der Waals surface area (Å²) in [7, 11) is 2.04. The van der Waals surface area contributed by atoms with E-state index in [0.29, 0.717) is 16.5 Å². The number of pyridine rings is 1. The van der Waals surface area contributed by atoms with Gasteiger partial charge in [-0.3, -0.25) is 9.98 Å². The lowest BCUT2D eigenvalue weighted by atomic mass is 10.1. The van der Waals surface area contributed by atoms with Gasteiger partial charge in [-0.2, -0.15) is 0 Å². The summed E-state index contributed by atoms with van der Waals surface area (Å²) in [6.45, 7) is 0.849. The largest absolute Gasteiger partial charge is 0.494 e. The quantitative estimate of drug-likeness (QED) is 0.465. The molecule has 29 heavy (non-hydrogen) atoms. The first-order chi connectivity index (χ1) is 14.1. The van der Waals surface area contributed by atoms with Crippen LogP contribution in [-0.2, 0) is 6.42 Å². The summed E-state index contributed by atoms with van der Waals surface area (Å²) in [5.41, 5.74) is 3.73. The fraction of sp³-hybridized carbons (Fsp3) is 0.130. The molecule has 4 aromatic rings. The van der Waals surface area contributed by atoms with Crippen LogP contribution >= 0.6 is 0 Å². The molecule has 6 heteroatoms. The van der Waals surface area contributed by atoms with E-state index < -0.39 is 5.82 Å². The molecule has 4 rings (SSSR count). The fourth-order valence-corrected chi connectivity index (χ4v) is 3.23. The van der Waals surface area contributed by atoms with Gasteiger partial charge in [0.25, 0.3) is 0 Å². The summed E-state index contributed by atoms with van der Waals surface area (Å²) in [4.78, 5) is 13.7. The Morgan fingerprint density at radius 2 is 1.93 bits per heavy atom. The van der Waals surface area contributed by atoms with Gasteiger partial charge in [0.15, 0.2) is 5.88 Å². The van der Waals surface area contributed by atoms with Gasteiger partial charge < -0.3 is 15.0 Å². The molecule has 2 heterocycles. The zero-order valence-electron chi connectivity index (χ0n) is 16.0. The van der Waals surface area contributed by atoms with E-state index >= 15 is 0 Å². The second kappa shape index (κ2) is 8.14. The van der Waals surface area contributed by atoms with Crippen molar-refractivity contribution in [1.82, 2.24) is 9.97 Å². The van der Waals surface area contributed by atoms with Gasteiger partial charge >= 0.3 is 0 Å². The van der Waals surface area contributed by atoms with Gasteiger partial charge in [-0.25, -0.2) is 4.39 Å². The zero-order chi connectivity index (χ0) is 20.2. The predicted octanol–water partition coefficient (Wildman–Crippen LogP) is 4.84. The molecule has 0 bridgehead atoms. The van der Waals surface area contributed by atoms with Crippen molar-refractivity contribution in [2.24, 2.45) is 4.99 Å². The third-order valence-corrected chi connectivity index (χ3v) is 4.85. The average molecular weight is 388 g/mol. The first-order valence-electron chi connectivity index (χ1n) is 9.36. The standard InChI is InChI=1S/C23H21FN4O/c1-28(14-12-16-5-2-3-13-25-16)18-10-8-17(9-11-18)26-15-19-22-20(24)6-4-7-21(22)27-23(19)29/h2-11,13,15,27,29H,12,14H2,1H3. The van der Waals surface area contributed by atoms with Crippen molar-refractivity contribution < 1.29 is 9.50 Å². The fourth-order valence-electron chi connectivity index (χ4n) is 3.23. The number of anilines is 1. The lowest BCUT2D eigenvalue weighted by molar-refractivity contribution is 0.457. The highest BCUT2D eigenvalue weighted by atomic mass is 19.1. The molecule has 0 fully saturated rings. The molecular formula is C23H21FN4O. The maximum atomic E-state index is 14.1. The lowest BCUT2D eigenvalue weighted by Crippen LogP contribution is -2.20. The number of likely N-dealkylation sites (N-methyl/N-ethyl adjacent to an activating group) is 1. The molecule has 2 aromatic heterocycles. The summed E-state index contributed by atoms with van der Waals surface area (Å²) >= 11 is 0. The van der Waals surface area contributed by atoms with Crippen LogP contribution in [0.1, 0.15) is 11.3 Å². The van der Waals surface area contributed by atoms with Crippen LogP contribution < -0.4 is 4.90 Å². The van der Waals surface area contributed by atoms with Crippen molar-refractivity contribution in [3.05, 3.63) is 83.9 Å². The van der Waals surface area contributed by atoms with Crippen LogP contribution in [0.2, 0.25) is 0 Å². The van der Waals surface area contributed by atoms with E-state index in [1.165, 1.54) is 12.3 Å². The molecule has 5 nitrogen and oxygen atoms in total. The molecule has 0 aliphatic carbocycles. The molecule has 0 aliphatic heterocycles. The number of aromatic amines is 1. The van der Waals surface area contributed by atoms with Crippen molar-refractivity contribution >= 4 is 28.5 Å². The van der Waals surface area contributed by atoms with Crippen molar-refractivity contribution in [1.29, 1.82) is 0 Å². The monoisotopic (exact) mass is 388 g/mol. The Bertz CT molecular complexity index is 1140. The average Bonchev–Trinajstić information content (AvgIpc) is 3.08. The van der Waals surface area contributed by atoms with Gasteiger partial charge in [-0.05, 0) is 48.5 Å². The smallest absolute Gasteiger partial charge is 0.198 e. The highest BCUT2D eigenvalue weighted by Gasteiger charge is 2.12. The summed E-state index contributed by atoms with van der Waals surface area (Å²) in [5, 5.41) is 10.4. The molecule has 0 spiro atoms. The zero-order valence-corrected chi connectivity index (χ0v) is 16.0. The van der Waals surface area contributed by atoms with E-state index in [0.717, 1.165) is 30.0 Å². The highest BCUT2D eigenvalue weighted by Crippen LogP contribution is 2.28. The number of rotatable bonds is 6. The van der Waals surface area contributed by atoms with E-state index in [-0.39, 0.29) is 5.88 Å². The number of benzene rings is 2. The summed E-state index contributed by atoms with van der Waals surface area (Å²) in [6, 6.07) is 18.4. The Balaban J connectivity index is 1.46. The van der Waals surface area contributed by atoms with Gasteiger partial charge in [0.05, 0.1) is 16.8 Å². The maximum Gasteiger partial charge on any atom is 0.198 e. The lowest BCUT2D eigenvalue weighted by Gasteiger charge is -2.19. The summed E-state index contributed by atoms with van der Waals surface area (Å²) in [6.07, 6.45) is 4.15. The van der Waals surface area contributed by atoms with Gasteiger partial charge in [0.1, 0.15) is 5.82 Å². The highest BCUT2D eigenvalue weighted by molar-refractivity contribution is 6.02. The van der Waals surface area contributed by atoms with E-state index in [1.807, 2.05) is 49.5 Å². The van der Waals surface area contributed by atoms with Crippen molar-refractivity contribution in [2.75, 3.05) is 18.5 Å². The number of nitrogens with zero attached hydrogens (tertiary/aromatic N) is 3. The van der Waals surface area contributed by atoms with Crippen LogP contribution in [0.3, 0.4) is 0 Å². The number of aliphatic imine (C=N–C) groups is 1. The predicted molar refractivity (Wildman–Crippen MR) is 115 cm³/mol. The van der Waals surface area contributed by atoms with Crippen LogP contribution in [0.25, 0.3) is 10.9 Å². The molecule has 2 aromatic carbocycles. The number of halogens is 1. The van der Waals surface area contributed by atoms with Gasteiger partial charge in [0, 0.05) is 49.2 Å². The first kappa shape index (κ1) is 18.7. The van der Waals surface area contributed by atoms with Crippen molar-refractivity contribution in [2.45, 2.75) is 6.42 Å². The number of fused-ring (bicyclic) bond motifs is 1. The molecule has 0 saturated heterocycles. The van der Waals surface area contributed by atoms with Gasteiger partial charge in [-0.1, -0.05) is 12.1 Å². The molecular weight excluding hydrogens is 367 g/mol. The van der Waals surface area contributed by atoms with Crippen LogP contribution in [0, 0.1) is 5.82 Å². The van der Waals surface area contributed by atoms with E-state index in [2.05, 4.69) is 19.9 Å². The Kier molecular flexibility index (Phi) is 5.24. The topological polar surface area (TPSA) is 64.5 Å². The molecule has 0 saturated carbocycles. The van der Waals surface area contributed by atoms with Crippen LogP contribution in [0.15, 0.2) is 71.9 Å². The molecule has 2 N–H and O–H groups in total. The van der Waals surface area contributed by atoms with Crippen molar-refractivity contribution in [3.63, 3.8) is 0 Å². The Labute approximate surface area is 168 Å².